The van der Waals surface area contributed by atoms with E-state index >= 15 is 0 Å². The summed E-state index contributed by atoms with van der Waals surface area (Å²) in [5.74, 6) is -2.12. The van der Waals surface area contributed by atoms with Crippen LogP contribution in [0.3, 0.4) is 0 Å². The molecule has 0 bridgehead atoms. The van der Waals surface area contributed by atoms with Crippen molar-refractivity contribution in [2.24, 2.45) is 17.3 Å². The van der Waals surface area contributed by atoms with Crippen molar-refractivity contribution in [1.29, 1.82) is 0 Å². The Morgan fingerprint density at radius 1 is 1.39 bits per heavy atom. The molecule has 2 N–H and O–H groups in total. The molecule has 1 aliphatic carbocycles. The molecule has 0 aliphatic heterocycles. The first kappa shape index (κ1) is 14.7. The van der Waals surface area contributed by atoms with Crippen molar-refractivity contribution in [3.63, 3.8) is 0 Å². The van der Waals surface area contributed by atoms with Gasteiger partial charge in [0.25, 0.3) is 0 Å². The molecule has 102 valence electrons. The molecule has 0 radical (unpaired) electrons. The molecule has 1 aliphatic rings. The number of ether oxygens (including phenoxy) is 1. The molecule has 18 heavy (non-hydrogen) atoms. The van der Waals surface area contributed by atoms with Crippen molar-refractivity contribution in [1.82, 2.24) is 5.32 Å². The van der Waals surface area contributed by atoms with Gasteiger partial charge < -0.3 is 15.2 Å². The van der Waals surface area contributed by atoms with E-state index in [4.69, 9.17) is 9.84 Å². The van der Waals surface area contributed by atoms with Gasteiger partial charge in [-0.1, -0.05) is 26.0 Å². The second-order valence-corrected chi connectivity index (χ2v) is 5.42. The van der Waals surface area contributed by atoms with Crippen molar-refractivity contribution in [3.05, 3.63) is 12.2 Å². The van der Waals surface area contributed by atoms with Gasteiger partial charge in [-0.2, -0.15) is 0 Å². The summed E-state index contributed by atoms with van der Waals surface area (Å²) in [7, 11) is 0. The van der Waals surface area contributed by atoms with Crippen LogP contribution >= 0.6 is 0 Å². The number of carbonyl (C=O) groups is 2. The summed E-state index contributed by atoms with van der Waals surface area (Å²) < 4.78 is 5.24. The lowest BCUT2D eigenvalue weighted by Crippen LogP contribution is -2.30. The first-order valence-electron chi connectivity index (χ1n) is 6.01. The van der Waals surface area contributed by atoms with Crippen LogP contribution in [0.25, 0.3) is 0 Å². The van der Waals surface area contributed by atoms with E-state index in [2.05, 4.69) is 11.9 Å². The average molecular weight is 255 g/mol. The van der Waals surface area contributed by atoms with Gasteiger partial charge in [0.2, 0.25) is 5.91 Å². The third-order valence-corrected chi connectivity index (χ3v) is 3.27. The van der Waals surface area contributed by atoms with Crippen molar-refractivity contribution in [3.8, 4) is 0 Å². The SMILES string of the molecule is C=C(C)COCCNC(=O)C1C(C(=O)O)C1(C)C. The Bertz CT molecular complexity index is 362. The van der Waals surface area contributed by atoms with Gasteiger partial charge in [0.15, 0.2) is 0 Å². The van der Waals surface area contributed by atoms with E-state index in [1.54, 1.807) is 13.8 Å². The van der Waals surface area contributed by atoms with Crippen LogP contribution in [0.2, 0.25) is 0 Å². The minimum absolute atomic E-state index is 0.202. The topological polar surface area (TPSA) is 75.6 Å². The van der Waals surface area contributed by atoms with Crippen LogP contribution in [0.1, 0.15) is 20.8 Å². The van der Waals surface area contributed by atoms with Crippen LogP contribution in [0.5, 0.6) is 0 Å². The van der Waals surface area contributed by atoms with Crippen LogP contribution in [-0.2, 0) is 14.3 Å². The Morgan fingerprint density at radius 2 is 2.00 bits per heavy atom. The highest BCUT2D eigenvalue weighted by atomic mass is 16.5. The van der Waals surface area contributed by atoms with Crippen molar-refractivity contribution in [2.75, 3.05) is 19.8 Å². The smallest absolute Gasteiger partial charge is 0.307 e. The number of amides is 1. The van der Waals surface area contributed by atoms with Crippen LogP contribution in [0.15, 0.2) is 12.2 Å². The molecule has 1 saturated carbocycles. The second kappa shape index (κ2) is 5.52. The predicted molar refractivity (Wildman–Crippen MR) is 67.0 cm³/mol. The van der Waals surface area contributed by atoms with Gasteiger partial charge in [-0.15, -0.1) is 0 Å². The van der Waals surface area contributed by atoms with Crippen LogP contribution in [0, 0.1) is 17.3 Å². The molecule has 5 nitrogen and oxygen atoms in total. The molecule has 2 unspecified atom stereocenters. The molecule has 0 aromatic heterocycles. The number of aliphatic carboxylic acids is 1. The number of rotatable bonds is 7. The third-order valence-electron chi connectivity index (χ3n) is 3.27. The summed E-state index contributed by atoms with van der Waals surface area (Å²) in [6, 6.07) is 0. The molecule has 0 saturated heterocycles. The molecule has 0 heterocycles. The summed E-state index contributed by atoms with van der Waals surface area (Å²) in [5.41, 5.74) is 0.477. The minimum atomic E-state index is -0.904. The normalized spacial score (nSPS) is 24.4. The molecule has 2 atom stereocenters. The Balaban J connectivity index is 2.27. The molecule has 0 aromatic rings. The second-order valence-electron chi connectivity index (χ2n) is 5.42. The first-order chi connectivity index (χ1) is 8.28. The third kappa shape index (κ3) is 3.32. The maximum atomic E-state index is 11.8. The van der Waals surface area contributed by atoms with Gasteiger partial charge in [0.1, 0.15) is 0 Å². The van der Waals surface area contributed by atoms with E-state index in [1.165, 1.54) is 0 Å². The quantitative estimate of drug-likeness (QED) is 0.526. The van der Waals surface area contributed by atoms with Crippen LogP contribution in [0.4, 0.5) is 0 Å². The lowest BCUT2D eigenvalue weighted by molar-refractivity contribution is -0.140. The highest BCUT2D eigenvalue weighted by Gasteiger charge is 2.65. The molecular formula is C13H21NO4. The van der Waals surface area contributed by atoms with Crippen LogP contribution < -0.4 is 5.32 Å². The van der Waals surface area contributed by atoms with Gasteiger partial charge in [0.05, 0.1) is 25.0 Å². The zero-order valence-electron chi connectivity index (χ0n) is 11.2. The molecular weight excluding hydrogens is 234 g/mol. The Hall–Kier alpha value is -1.36. The number of hydrogen-bond donors (Lipinski definition) is 2. The number of carboxylic acid groups (broad SMARTS) is 1. The average Bonchev–Trinajstić information content (AvgIpc) is 2.80. The van der Waals surface area contributed by atoms with E-state index in [0.29, 0.717) is 19.8 Å². The Morgan fingerprint density at radius 3 is 2.44 bits per heavy atom. The van der Waals surface area contributed by atoms with Crippen molar-refractivity contribution in [2.45, 2.75) is 20.8 Å². The Kier molecular flexibility index (Phi) is 4.51. The summed E-state index contributed by atoms with van der Waals surface area (Å²) >= 11 is 0. The maximum absolute atomic E-state index is 11.8. The zero-order valence-corrected chi connectivity index (χ0v) is 11.2. The predicted octanol–water partition coefficient (Wildman–Crippen LogP) is 1.05. The highest BCUT2D eigenvalue weighted by molar-refractivity contribution is 5.91. The van der Waals surface area contributed by atoms with Gasteiger partial charge in [-0.25, -0.2) is 0 Å². The minimum Gasteiger partial charge on any atom is -0.481 e. The molecule has 1 fully saturated rings. The fourth-order valence-corrected chi connectivity index (χ4v) is 2.19. The number of nitrogens with one attached hydrogen (secondary N) is 1. The molecule has 1 rings (SSSR count). The van der Waals surface area contributed by atoms with E-state index in [0.717, 1.165) is 5.57 Å². The lowest BCUT2D eigenvalue weighted by Gasteiger charge is -2.07. The Labute approximate surface area is 107 Å². The summed E-state index contributed by atoms with van der Waals surface area (Å²) in [6.45, 7) is 10.4. The van der Waals surface area contributed by atoms with Gasteiger partial charge in [-0.05, 0) is 12.3 Å². The summed E-state index contributed by atoms with van der Waals surface area (Å²) in [5, 5.41) is 11.7. The van der Waals surface area contributed by atoms with Gasteiger partial charge in [0, 0.05) is 6.54 Å². The van der Waals surface area contributed by atoms with E-state index in [-0.39, 0.29) is 5.91 Å². The lowest BCUT2D eigenvalue weighted by atomic mass is 10.1. The highest BCUT2D eigenvalue weighted by Crippen LogP contribution is 2.58. The maximum Gasteiger partial charge on any atom is 0.307 e. The number of hydrogen-bond acceptors (Lipinski definition) is 3. The van der Waals surface area contributed by atoms with Gasteiger partial charge >= 0.3 is 5.97 Å². The van der Waals surface area contributed by atoms with Crippen molar-refractivity contribution >= 4 is 11.9 Å². The fourth-order valence-electron chi connectivity index (χ4n) is 2.19. The monoisotopic (exact) mass is 255 g/mol. The first-order valence-corrected chi connectivity index (χ1v) is 6.01. The van der Waals surface area contributed by atoms with E-state index in [1.807, 2.05) is 6.92 Å². The number of carbonyl (C=O) groups excluding carboxylic acids is 1. The standard InChI is InChI=1S/C13H21NO4/c1-8(2)7-18-6-5-14-11(15)9-10(12(16)17)13(9,3)4/h9-10H,1,5-7H2,2-4H3,(H,14,15)(H,16,17). The largest absolute Gasteiger partial charge is 0.481 e. The molecule has 0 spiro atoms. The summed E-state index contributed by atoms with van der Waals surface area (Å²) in [4.78, 5) is 22.7. The van der Waals surface area contributed by atoms with Gasteiger partial charge in [-0.3, -0.25) is 9.59 Å². The molecule has 0 aromatic carbocycles. The van der Waals surface area contributed by atoms with E-state index in [9.17, 15) is 9.59 Å². The van der Waals surface area contributed by atoms with E-state index < -0.39 is 23.2 Å². The molecule has 5 heteroatoms. The summed E-state index contributed by atoms with van der Waals surface area (Å²) in [6.07, 6.45) is 0. The van der Waals surface area contributed by atoms with Crippen molar-refractivity contribution < 1.29 is 19.4 Å². The number of carboxylic acids is 1. The molecule has 1 amide bonds. The fraction of sp³-hybridized carbons (Fsp3) is 0.692. The van der Waals surface area contributed by atoms with Crippen LogP contribution in [-0.4, -0.2) is 36.7 Å². The zero-order chi connectivity index (χ0) is 13.9.